The molecule has 1 N–H and O–H groups in total. The number of thiophene rings is 1. The first-order valence-electron chi connectivity index (χ1n) is 7.53. The second-order valence-electron chi connectivity index (χ2n) is 5.79. The van der Waals surface area contributed by atoms with Gasteiger partial charge in [0.05, 0.1) is 5.41 Å². The van der Waals surface area contributed by atoms with Gasteiger partial charge in [0, 0.05) is 16.6 Å². The molecule has 5 heteroatoms. The van der Waals surface area contributed by atoms with Gasteiger partial charge in [0.25, 0.3) is 0 Å². The van der Waals surface area contributed by atoms with Gasteiger partial charge in [0.2, 0.25) is 12.7 Å². The number of fused-ring (bicyclic) bond motifs is 1. The van der Waals surface area contributed by atoms with Crippen LogP contribution in [0.2, 0.25) is 0 Å². The quantitative estimate of drug-likeness (QED) is 0.933. The Morgan fingerprint density at radius 2 is 1.95 bits per heavy atom. The predicted octanol–water partition coefficient (Wildman–Crippen LogP) is 3.93. The number of amides is 1. The molecule has 0 bridgehead atoms. The maximum atomic E-state index is 13.0. The molecule has 22 heavy (non-hydrogen) atoms. The van der Waals surface area contributed by atoms with Gasteiger partial charge in [-0.3, -0.25) is 4.79 Å². The average molecular weight is 315 g/mol. The Balaban J connectivity index is 1.60. The van der Waals surface area contributed by atoms with E-state index in [2.05, 4.69) is 11.4 Å². The number of hydrogen-bond donors (Lipinski definition) is 1. The lowest BCUT2D eigenvalue weighted by molar-refractivity contribution is -0.121. The van der Waals surface area contributed by atoms with Crippen molar-refractivity contribution in [1.29, 1.82) is 0 Å². The number of rotatable bonds is 3. The zero-order valence-corrected chi connectivity index (χ0v) is 12.9. The summed E-state index contributed by atoms with van der Waals surface area (Å²) >= 11 is 1.67. The number of carbonyl (C=O) groups excluding carboxylic acids is 1. The molecule has 2 aliphatic rings. The third-order valence-corrected chi connectivity index (χ3v) is 5.59. The molecule has 2 aromatic rings. The Morgan fingerprint density at radius 3 is 2.73 bits per heavy atom. The van der Waals surface area contributed by atoms with E-state index in [0.29, 0.717) is 5.75 Å². The van der Waals surface area contributed by atoms with Crippen molar-refractivity contribution in [2.45, 2.75) is 31.1 Å². The van der Waals surface area contributed by atoms with E-state index in [1.807, 2.05) is 29.6 Å². The summed E-state index contributed by atoms with van der Waals surface area (Å²) in [7, 11) is 0. The predicted molar refractivity (Wildman–Crippen MR) is 85.7 cm³/mol. The minimum Gasteiger partial charge on any atom is -0.454 e. The molecule has 4 rings (SSSR count). The molecular weight excluding hydrogens is 298 g/mol. The van der Waals surface area contributed by atoms with E-state index in [-0.39, 0.29) is 18.1 Å². The third-order valence-electron chi connectivity index (χ3n) is 4.52. The van der Waals surface area contributed by atoms with Gasteiger partial charge in [0.15, 0.2) is 11.5 Å². The molecule has 114 valence electrons. The number of hydrogen-bond acceptors (Lipinski definition) is 4. The Kier molecular flexibility index (Phi) is 3.30. The van der Waals surface area contributed by atoms with Crippen LogP contribution in [0.5, 0.6) is 11.5 Å². The number of carbonyl (C=O) groups is 1. The SMILES string of the molecule is O=C(Nc1ccc2c(c1)OCO2)C1(c2cccs2)CCCC1. The van der Waals surface area contributed by atoms with Crippen molar-refractivity contribution in [2.24, 2.45) is 0 Å². The van der Waals surface area contributed by atoms with Crippen molar-refractivity contribution >= 4 is 22.9 Å². The van der Waals surface area contributed by atoms with Crippen LogP contribution >= 0.6 is 11.3 Å². The molecule has 0 radical (unpaired) electrons. The first-order chi connectivity index (χ1) is 10.8. The Morgan fingerprint density at radius 1 is 1.14 bits per heavy atom. The Hall–Kier alpha value is -2.01. The minimum absolute atomic E-state index is 0.0892. The molecule has 4 nitrogen and oxygen atoms in total. The molecule has 1 fully saturated rings. The van der Waals surface area contributed by atoms with Crippen LogP contribution in [0.15, 0.2) is 35.7 Å². The van der Waals surface area contributed by atoms with Crippen LogP contribution in [-0.2, 0) is 10.2 Å². The van der Waals surface area contributed by atoms with Crippen molar-refractivity contribution in [3.63, 3.8) is 0 Å². The summed E-state index contributed by atoms with van der Waals surface area (Å²) in [6, 6.07) is 9.63. The number of anilines is 1. The van der Waals surface area contributed by atoms with Crippen LogP contribution in [0.4, 0.5) is 5.69 Å². The van der Waals surface area contributed by atoms with E-state index in [1.54, 1.807) is 11.3 Å². The topological polar surface area (TPSA) is 47.6 Å². The van der Waals surface area contributed by atoms with E-state index in [0.717, 1.165) is 37.1 Å². The van der Waals surface area contributed by atoms with Crippen molar-refractivity contribution in [1.82, 2.24) is 0 Å². The standard InChI is InChI=1S/C17H17NO3S/c19-16(17(7-1-2-8-17)15-4-3-9-22-15)18-12-5-6-13-14(10-12)21-11-20-13/h3-6,9-10H,1-2,7-8,11H2,(H,18,19). The highest BCUT2D eigenvalue weighted by atomic mass is 32.1. The van der Waals surface area contributed by atoms with Crippen LogP contribution in [0.1, 0.15) is 30.6 Å². The Bertz CT molecular complexity index is 690. The van der Waals surface area contributed by atoms with E-state index in [1.165, 1.54) is 4.88 Å². The minimum atomic E-state index is -0.370. The van der Waals surface area contributed by atoms with Crippen LogP contribution in [0.3, 0.4) is 0 Å². The highest BCUT2D eigenvalue weighted by Crippen LogP contribution is 2.44. The van der Waals surface area contributed by atoms with Gasteiger partial charge in [-0.05, 0) is 36.4 Å². The maximum absolute atomic E-state index is 13.0. The summed E-state index contributed by atoms with van der Waals surface area (Å²) < 4.78 is 10.7. The molecule has 1 aromatic carbocycles. The maximum Gasteiger partial charge on any atom is 0.235 e. The van der Waals surface area contributed by atoms with Gasteiger partial charge in [-0.2, -0.15) is 0 Å². The highest BCUT2D eigenvalue weighted by molar-refractivity contribution is 7.10. The lowest BCUT2D eigenvalue weighted by Gasteiger charge is -2.26. The largest absolute Gasteiger partial charge is 0.454 e. The summed E-state index contributed by atoms with van der Waals surface area (Å²) in [6.07, 6.45) is 4.05. The van der Waals surface area contributed by atoms with E-state index in [4.69, 9.17) is 9.47 Å². The molecular formula is C17H17NO3S. The van der Waals surface area contributed by atoms with Gasteiger partial charge >= 0.3 is 0 Å². The molecule has 2 heterocycles. The Labute approximate surface area is 133 Å². The monoisotopic (exact) mass is 315 g/mol. The second kappa shape index (κ2) is 5.32. The van der Waals surface area contributed by atoms with Crippen molar-refractivity contribution in [3.8, 4) is 11.5 Å². The van der Waals surface area contributed by atoms with Crippen LogP contribution in [0, 0.1) is 0 Å². The van der Waals surface area contributed by atoms with E-state index < -0.39 is 0 Å². The highest BCUT2D eigenvalue weighted by Gasteiger charge is 2.43. The van der Waals surface area contributed by atoms with Crippen molar-refractivity contribution < 1.29 is 14.3 Å². The average Bonchev–Trinajstić information content (AvgIpc) is 3.27. The number of ether oxygens (including phenoxy) is 2. The third kappa shape index (κ3) is 2.16. The zero-order valence-electron chi connectivity index (χ0n) is 12.1. The van der Waals surface area contributed by atoms with E-state index >= 15 is 0 Å². The lowest BCUT2D eigenvalue weighted by Crippen LogP contribution is -2.37. The van der Waals surface area contributed by atoms with Crippen molar-refractivity contribution in [2.75, 3.05) is 12.1 Å². The number of benzene rings is 1. The second-order valence-corrected chi connectivity index (χ2v) is 6.74. The lowest BCUT2D eigenvalue weighted by atomic mass is 9.83. The van der Waals surface area contributed by atoms with Gasteiger partial charge in [-0.1, -0.05) is 18.9 Å². The van der Waals surface area contributed by atoms with E-state index in [9.17, 15) is 4.79 Å². The molecule has 0 saturated heterocycles. The molecule has 1 aromatic heterocycles. The van der Waals surface area contributed by atoms with Gasteiger partial charge in [-0.25, -0.2) is 0 Å². The van der Waals surface area contributed by atoms with Crippen LogP contribution in [-0.4, -0.2) is 12.7 Å². The first kappa shape index (κ1) is 13.6. The number of nitrogens with one attached hydrogen (secondary N) is 1. The summed E-state index contributed by atoms with van der Waals surface area (Å²) in [4.78, 5) is 14.1. The fraction of sp³-hybridized carbons (Fsp3) is 0.353. The zero-order chi connectivity index (χ0) is 15.0. The molecule has 1 saturated carbocycles. The summed E-state index contributed by atoms with van der Waals surface area (Å²) in [5.41, 5.74) is 0.391. The molecule has 0 atom stereocenters. The molecule has 1 aliphatic heterocycles. The molecule has 0 unspecified atom stereocenters. The summed E-state index contributed by atoms with van der Waals surface area (Å²) in [6.45, 7) is 0.242. The van der Waals surface area contributed by atoms with Gasteiger partial charge < -0.3 is 14.8 Å². The van der Waals surface area contributed by atoms with Gasteiger partial charge in [0.1, 0.15) is 0 Å². The smallest absolute Gasteiger partial charge is 0.235 e. The summed E-state index contributed by atoms with van der Waals surface area (Å²) in [5.74, 6) is 1.51. The van der Waals surface area contributed by atoms with Gasteiger partial charge in [-0.15, -0.1) is 11.3 Å². The molecule has 1 amide bonds. The van der Waals surface area contributed by atoms with Crippen LogP contribution < -0.4 is 14.8 Å². The normalized spacial score (nSPS) is 18.4. The summed E-state index contributed by atoms with van der Waals surface area (Å²) in [5, 5.41) is 5.12. The molecule has 0 spiro atoms. The fourth-order valence-corrected chi connectivity index (χ4v) is 4.32. The van der Waals surface area contributed by atoms with Crippen molar-refractivity contribution in [3.05, 3.63) is 40.6 Å². The molecule has 1 aliphatic carbocycles. The van der Waals surface area contributed by atoms with Crippen LogP contribution in [0.25, 0.3) is 0 Å². The fourth-order valence-electron chi connectivity index (χ4n) is 3.34. The first-order valence-corrected chi connectivity index (χ1v) is 8.41.